The fourth-order valence-electron chi connectivity index (χ4n) is 2.08. The number of halogens is 4. The lowest BCUT2D eigenvalue weighted by Crippen LogP contribution is -2.37. The van der Waals surface area contributed by atoms with Crippen LogP contribution in [-0.4, -0.2) is 5.60 Å². The molecule has 2 rings (SSSR count). The van der Waals surface area contributed by atoms with E-state index in [9.17, 15) is 13.2 Å². The summed E-state index contributed by atoms with van der Waals surface area (Å²) < 4.78 is 43.2. The van der Waals surface area contributed by atoms with E-state index in [1.807, 2.05) is 13.8 Å². The summed E-state index contributed by atoms with van der Waals surface area (Å²) in [5.41, 5.74) is 5.32. The summed E-state index contributed by atoms with van der Waals surface area (Å²) in [5.74, 6) is 0.239. The van der Waals surface area contributed by atoms with Crippen molar-refractivity contribution in [3.63, 3.8) is 0 Å². The highest BCUT2D eigenvalue weighted by atomic mass is 35.5. The van der Waals surface area contributed by atoms with E-state index in [0.717, 1.165) is 12.1 Å². The van der Waals surface area contributed by atoms with Gasteiger partial charge in [0.05, 0.1) is 5.56 Å². The van der Waals surface area contributed by atoms with Crippen LogP contribution < -0.4 is 10.5 Å². The molecule has 1 atom stereocenters. The van der Waals surface area contributed by atoms with E-state index in [1.165, 1.54) is 6.07 Å². The van der Waals surface area contributed by atoms with E-state index < -0.39 is 17.3 Å². The van der Waals surface area contributed by atoms with E-state index in [2.05, 4.69) is 0 Å². The Morgan fingerprint density at radius 3 is 2.50 bits per heavy atom. The molecule has 0 amide bonds. The van der Waals surface area contributed by atoms with Crippen molar-refractivity contribution in [1.82, 2.24) is 0 Å². The standard InChI is InChI=1S/C12H14F3NO.ClH/c1-11(2)6-9(16)8-4-3-7(12(13,14)15)5-10(8)17-11;/h3-5,9H,6,16H2,1-2H3;1H. The summed E-state index contributed by atoms with van der Waals surface area (Å²) in [6, 6.07) is 3.19. The lowest BCUT2D eigenvalue weighted by molar-refractivity contribution is -0.137. The molecule has 0 aliphatic carbocycles. The van der Waals surface area contributed by atoms with Crippen LogP contribution in [0.1, 0.15) is 37.4 Å². The molecule has 0 aromatic heterocycles. The summed E-state index contributed by atoms with van der Waals surface area (Å²) in [6.45, 7) is 3.63. The Bertz CT molecular complexity index is 445. The number of rotatable bonds is 0. The molecule has 1 unspecified atom stereocenters. The highest BCUT2D eigenvalue weighted by Gasteiger charge is 2.36. The lowest BCUT2D eigenvalue weighted by atomic mass is 9.90. The zero-order valence-electron chi connectivity index (χ0n) is 10.0. The fraction of sp³-hybridized carbons (Fsp3) is 0.500. The molecule has 18 heavy (non-hydrogen) atoms. The van der Waals surface area contributed by atoms with Gasteiger partial charge in [-0.1, -0.05) is 6.07 Å². The van der Waals surface area contributed by atoms with Crippen LogP contribution in [0.3, 0.4) is 0 Å². The Kier molecular flexibility index (Phi) is 3.89. The molecule has 1 heterocycles. The third kappa shape index (κ3) is 2.90. The first-order chi connectivity index (χ1) is 7.69. The highest BCUT2D eigenvalue weighted by molar-refractivity contribution is 5.85. The molecule has 6 heteroatoms. The van der Waals surface area contributed by atoms with Crippen LogP contribution in [0.5, 0.6) is 5.75 Å². The SMILES string of the molecule is CC1(C)CC(N)c2ccc(C(F)(F)F)cc2O1.Cl. The normalized spacial score (nSPS) is 21.6. The number of ether oxygens (including phenoxy) is 1. The number of nitrogens with two attached hydrogens (primary N) is 1. The quantitative estimate of drug-likeness (QED) is 0.787. The van der Waals surface area contributed by atoms with Crippen LogP contribution in [0.2, 0.25) is 0 Å². The maximum Gasteiger partial charge on any atom is 0.416 e. The average molecular weight is 282 g/mol. The van der Waals surface area contributed by atoms with Crippen molar-refractivity contribution in [3.05, 3.63) is 29.3 Å². The predicted molar refractivity (Wildman–Crippen MR) is 64.9 cm³/mol. The maximum atomic E-state index is 12.6. The van der Waals surface area contributed by atoms with Gasteiger partial charge in [0.15, 0.2) is 0 Å². The van der Waals surface area contributed by atoms with Crippen molar-refractivity contribution >= 4 is 12.4 Å². The largest absolute Gasteiger partial charge is 0.487 e. The number of fused-ring (bicyclic) bond motifs is 1. The number of hydrogen-bond acceptors (Lipinski definition) is 2. The molecule has 0 saturated carbocycles. The fourth-order valence-corrected chi connectivity index (χ4v) is 2.08. The topological polar surface area (TPSA) is 35.2 Å². The van der Waals surface area contributed by atoms with E-state index in [1.54, 1.807) is 0 Å². The molecule has 0 saturated heterocycles. The summed E-state index contributed by atoms with van der Waals surface area (Å²) in [5, 5.41) is 0. The molecule has 1 aliphatic rings. The Balaban J connectivity index is 0.00000162. The van der Waals surface area contributed by atoms with Gasteiger partial charge >= 0.3 is 6.18 Å². The molecule has 2 nitrogen and oxygen atoms in total. The van der Waals surface area contributed by atoms with Gasteiger partial charge in [0.2, 0.25) is 0 Å². The van der Waals surface area contributed by atoms with Crippen LogP contribution in [0.15, 0.2) is 18.2 Å². The van der Waals surface area contributed by atoms with Crippen LogP contribution in [0, 0.1) is 0 Å². The Labute approximate surface area is 110 Å². The first-order valence-corrected chi connectivity index (χ1v) is 5.35. The minimum atomic E-state index is -4.36. The molecular weight excluding hydrogens is 267 g/mol. The zero-order valence-corrected chi connectivity index (χ0v) is 10.9. The average Bonchev–Trinajstić information content (AvgIpc) is 2.13. The minimum Gasteiger partial charge on any atom is -0.487 e. The van der Waals surface area contributed by atoms with Crippen molar-refractivity contribution in [2.75, 3.05) is 0 Å². The molecule has 1 aromatic carbocycles. The second-order valence-electron chi connectivity index (χ2n) is 4.92. The van der Waals surface area contributed by atoms with Gasteiger partial charge in [0, 0.05) is 18.0 Å². The van der Waals surface area contributed by atoms with Gasteiger partial charge in [0.25, 0.3) is 0 Å². The van der Waals surface area contributed by atoms with E-state index >= 15 is 0 Å². The Hall–Kier alpha value is -0.940. The van der Waals surface area contributed by atoms with Gasteiger partial charge in [-0.15, -0.1) is 12.4 Å². The highest BCUT2D eigenvalue weighted by Crippen LogP contribution is 2.41. The molecular formula is C12H15ClF3NO. The Morgan fingerprint density at radius 1 is 1.33 bits per heavy atom. The lowest BCUT2D eigenvalue weighted by Gasteiger charge is -2.36. The molecule has 1 aliphatic heterocycles. The van der Waals surface area contributed by atoms with Gasteiger partial charge in [-0.2, -0.15) is 13.2 Å². The van der Waals surface area contributed by atoms with Crippen molar-refractivity contribution in [2.24, 2.45) is 5.73 Å². The molecule has 102 valence electrons. The maximum absolute atomic E-state index is 12.6. The number of benzene rings is 1. The summed E-state index contributed by atoms with van der Waals surface area (Å²) in [4.78, 5) is 0. The number of alkyl halides is 3. The summed E-state index contributed by atoms with van der Waals surface area (Å²) in [6.07, 6.45) is -3.77. The van der Waals surface area contributed by atoms with Gasteiger partial charge in [-0.05, 0) is 26.0 Å². The zero-order chi connectivity index (χ0) is 12.8. The van der Waals surface area contributed by atoms with Crippen molar-refractivity contribution in [1.29, 1.82) is 0 Å². The van der Waals surface area contributed by atoms with E-state index in [0.29, 0.717) is 12.0 Å². The monoisotopic (exact) mass is 281 g/mol. The minimum absolute atomic E-state index is 0. The smallest absolute Gasteiger partial charge is 0.416 e. The first kappa shape index (κ1) is 15.1. The van der Waals surface area contributed by atoms with Gasteiger partial charge < -0.3 is 10.5 Å². The molecule has 0 spiro atoms. The summed E-state index contributed by atoms with van der Waals surface area (Å²) >= 11 is 0. The predicted octanol–water partition coefficient (Wildman–Crippen LogP) is 3.69. The molecule has 0 radical (unpaired) electrons. The molecule has 0 fully saturated rings. The van der Waals surface area contributed by atoms with Crippen molar-refractivity contribution in [2.45, 2.75) is 38.1 Å². The van der Waals surface area contributed by atoms with E-state index in [4.69, 9.17) is 10.5 Å². The van der Waals surface area contributed by atoms with Gasteiger partial charge in [-0.3, -0.25) is 0 Å². The van der Waals surface area contributed by atoms with Crippen molar-refractivity contribution < 1.29 is 17.9 Å². The van der Waals surface area contributed by atoms with Crippen LogP contribution in [0.25, 0.3) is 0 Å². The van der Waals surface area contributed by atoms with E-state index in [-0.39, 0.29) is 24.2 Å². The molecule has 1 aromatic rings. The van der Waals surface area contributed by atoms with Gasteiger partial charge in [-0.25, -0.2) is 0 Å². The first-order valence-electron chi connectivity index (χ1n) is 5.35. The second-order valence-corrected chi connectivity index (χ2v) is 4.92. The third-order valence-electron chi connectivity index (χ3n) is 2.84. The summed E-state index contributed by atoms with van der Waals surface area (Å²) in [7, 11) is 0. The molecule has 2 N–H and O–H groups in total. The number of hydrogen-bond donors (Lipinski definition) is 1. The van der Waals surface area contributed by atoms with Crippen molar-refractivity contribution in [3.8, 4) is 5.75 Å². The van der Waals surface area contributed by atoms with Crippen LogP contribution >= 0.6 is 12.4 Å². The second kappa shape index (κ2) is 4.63. The van der Waals surface area contributed by atoms with Crippen LogP contribution in [-0.2, 0) is 6.18 Å². The third-order valence-corrected chi connectivity index (χ3v) is 2.84. The van der Waals surface area contributed by atoms with Gasteiger partial charge in [0.1, 0.15) is 11.4 Å². The van der Waals surface area contributed by atoms with Crippen LogP contribution in [0.4, 0.5) is 13.2 Å². The Morgan fingerprint density at radius 2 is 1.94 bits per heavy atom. The molecule has 0 bridgehead atoms.